The highest BCUT2D eigenvalue weighted by Gasteiger charge is 2.30. The van der Waals surface area contributed by atoms with Gasteiger partial charge >= 0.3 is 5.97 Å². The molecule has 2 atom stereocenters. The molecule has 31 heavy (non-hydrogen) atoms. The standard InChI is InChI=1S/C26H33NO4/c1-2-3-4-7-24(28)21-14-16-22(17-15-21)27-23(6-5-8-25(27)29)20-12-9-19(10-13-20)11-18-26(30)31/h9-10,12-17,23-24,28H,2-8,11,18H2,1H3,(H,30,31). The molecule has 2 aromatic carbocycles. The van der Waals surface area contributed by atoms with Gasteiger partial charge < -0.3 is 15.1 Å². The van der Waals surface area contributed by atoms with Crippen LogP contribution in [0.2, 0.25) is 0 Å². The Bertz CT molecular complexity index is 860. The number of hydrogen-bond donors (Lipinski definition) is 2. The lowest BCUT2D eigenvalue weighted by Crippen LogP contribution is -2.38. The first-order valence-corrected chi connectivity index (χ1v) is 11.4. The maximum atomic E-state index is 12.8. The minimum atomic E-state index is -0.799. The molecule has 166 valence electrons. The summed E-state index contributed by atoms with van der Waals surface area (Å²) < 4.78 is 0. The van der Waals surface area contributed by atoms with E-state index in [1.165, 1.54) is 0 Å². The van der Waals surface area contributed by atoms with Gasteiger partial charge in [-0.3, -0.25) is 9.59 Å². The Kier molecular flexibility index (Phi) is 8.24. The molecular formula is C26H33NO4. The van der Waals surface area contributed by atoms with Crippen molar-refractivity contribution in [3.05, 3.63) is 65.2 Å². The van der Waals surface area contributed by atoms with E-state index in [-0.39, 0.29) is 18.4 Å². The molecule has 0 saturated carbocycles. The second kappa shape index (κ2) is 11.1. The van der Waals surface area contributed by atoms with E-state index >= 15 is 0 Å². The van der Waals surface area contributed by atoms with Crippen LogP contribution < -0.4 is 4.90 Å². The van der Waals surface area contributed by atoms with Crippen LogP contribution in [0.4, 0.5) is 5.69 Å². The van der Waals surface area contributed by atoms with Crippen molar-refractivity contribution >= 4 is 17.6 Å². The fourth-order valence-corrected chi connectivity index (χ4v) is 4.28. The van der Waals surface area contributed by atoms with Crippen molar-refractivity contribution in [1.29, 1.82) is 0 Å². The maximum Gasteiger partial charge on any atom is 0.303 e. The van der Waals surface area contributed by atoms with Gasteiger partial charge in [-0.05, 0) is 54.5 Å². The third kappa shape index (κ3) is 6.17. The van der Waals surface area contributed by atoms with Crippen molar-refractivity contribution in [3.8, 4) is 0 Å². The molecule has 1 saturated heterocycles. The summed E-state index contributed by atoms with van der Waals surface area (Å²) in [5.74, 6) is -0.686. The summed E-state index contributed by atoms with van der Waals surface area (Å²) in [6.07, 6.45) is 6.45. The van der Waals surface area contributed by atoms with Gasteiger partial charge in [0.15, 0.2) is 0 Å². The van der Waals surface area contributed by atoms with E-state index in [0.717, 1.165) is 60.9 Å². The Morgan fingerprint density at radius 1 is 1.10 bits per heavy atom. The summed E-state index contributed by atoms with van der Waals surface area (Å²) in [6, 6.07) is 15.7. The minimum Gasteiger partial charge on any atom is -0.481 e. The molecule has 1 amide bonds. The number of unbranched alkanes of at least 4 members (excludes halogenated alkanes) is 2. The molecule has 1 fully saturated rings. The second-order valence-electron chi connectivity index (χ2n) is 8.41. The second-order valence-corrected chi connectivity index (χ2v) is 8.41. The highest BCUT2D eigenvalue weighted by molar-refractivity contribution is 5.95. The SMILES string of the molecule is CCCCCC(O)c1ccc(N2C(=O)CCCC2c2ccc(CCC(=O)O)cc2)cc1. The minimum absolute atomic E-state index is 0.0323. The first-order chi connectivity index (χ1) is 15.0. The topological polar surface area (TPSA) is 77.8 Å². The van der Waals surface area contributed by atoms with Crippen molar-refractivity contribution in [1.82, 2.24) is 0 Å². The number of piperidine rings is 1. The van der Waals surface area contributed by atoms with Crippen LogP contribution in [-0.4, -0.2) is 22.1 Å². The highest BCUT2D eigenvalue weighted by Crippen LogP contribution is 2.36. The zero-order valence-corrected chi connectivity index (χ0v) is 18.3. The van der Waals surface area contributed by atoms with E-state index < -0.39 is 12.1 Å². The monoisotopic (exact) mass is 423 g/mol. The summed E-state index contributed by atoms with van der Waals surface area (Å²) >= 11 is 0. The van der Waals surface area contributed by atoms with E-state index in [9.17, 15) is 14.7 Å². The lowest BCUT2D eigenvalue weighted by molar-refractivity contribution is -0.137. The molecular weight excluding hydrogens is 390 g/mol. The van der Waals surface area contributed by atoms with Crippen LogP contribution in [0.5, 0.6) is 0 Å². The van der Waals surface area contributed by atoms with Crippen molar-refractivity contribution in [2.45, 2.75) is 76.9 Å². The number of carbonyl (C=O) groups is 2. The van der Waals surface area contributed by atoms with Crippen molar-refractivity contribution < 1.29 is 19.8 Å². The first kappa shape index (κ1) is 23.0. The van der Waals surface area contributed by atoms with Gasteiger partial charge in [0, 0.05) is 18.5 Å². The molecule has 1 aliphatic rings. The van der Waals surface area contributed by atoms with Crippen LogP contribution in [-0.2, 0) is 16.0 Å². The number of aliphatic hydroxyl groups excluding tert-OH is 1. The van der Waals surface area contributed by atoms with E-state index in [0.29, 0.717) is 12.8 Å². The zero-order valence-electron chi connectivity index (χ0n) is 18.3. The van der Waals surface area contributed by atoms with Crippen LogP contribution in [0.3, 0.4) is 0 Å². The Morgan fingerprint density at radius 3 is 2.45 bits per heavy atom. The predicted octanol–water partition coefficient (Wildman–Crippen LogP) is 5.58. The Labute approximate surface area is 184 Å². The number of nitrogens with zero attached hydrogens (tertiary/aromatic N) is 1. The fourth-order valence-electron chi connectivity index (χ4n) is 4.28. The number of aliphatic carboxylic acids is 1. The average Bonchev–Trinajstić information content (AvgIpc) is 2.78. The van der Waals surface area contributed by atoms with Crippen LogP contribution in [0.1, 0.15) is 87.1 Å². The number of rotatable bonds is 10. The summed E-state index contributed by atoms with van der Waals surface area (Å²) in [6.45, 7) is 2.15. The largest absolute Gasteiger partial charge is 0.481 e. The molecule has 0 aliphatic carbocycles. The number of aryl methyl sites for hydroxylation is 1. The van der Waals surface area contributed by atoms with Crippen LogP contribution in [0.25, 0.3) is 0 Å². The molecule has 2 N–H and O–H groups in total. The molecule has 0 aromatic heterocycles. The van der Waals surface area contributed by atoms with Gasteiger partial charge in [-0.1, -0.05) is 62.6 Å². The van der Waals surface area contributed by atoms with E-state index in [1.807, 2.05) is 53.4 Å². The summed E-state index contributed by atoms with van der Waals surface area (Å²) in [4.78, 5) is 25.5. The number of hydrogen-bond acceptors (Lipinski definition) is 3. The highest BCUT2D eigenvalue weighted by atomic mass is 16.4. The van der Waals surface area contributed by atoms with Gasteiger partial charge in [0.05, 0.1) is 12.1 Å². The molecule has 0 spiro atoms. The molecule has 0 bridgehead atoms. The van der Waals surface area contributed by atoms with Gasteiger partial charge in [0.2, 0.25) is 5.91 Å². The normalized spacial score (nSPS) is 17.5. The Balaban J connectivity index is 1.75. The van der Waals surface area contributed by atoms with Crippen LogP contribution in [0.15, 0.2) is 48.5 Å². The molecule has 0 radical (unpaired) electrons. The fraction of sp³-hybridized carbons (Fsp3) is 0.462. The van der Waals surface area contributed by atoms with Gasteiger partial charge in [-0.15, -0.1) is 0 Å². The lowest BCUT2D eigenvalue weighted by Gasteiger charge is -2.36. The van der Waals surface area contributed by atoms with E-state index in [2.05, 4.69) is 6.92 Å². The molecule has 3 rings (SSSR count). The summed E-state index contributed by atoms with van der Waals surface area (Å²) in [5, 5.41) is 19.3. The van der Waals surface area contributed by atoms with Crippen LogP contribution in [0, 0.1) is 0 Å². The number of benzene rings is 2. The Hall–Kier alpha value is -2.66. The van der Waals surface area contributed by atoms with Crippen molar-refractivity contribution in [2.75, 3.05) is 4.90 Å². The van der Waals surface area contributed by atoms with E-state index in [4.69, 9.17) is 5.11 Å². The predicted molar refractivity (Wildman–Crippen MR) is 122 cm³/mol. The molecule has 2 unspecified atom stereocenters. The number of anilines is 1. The van der Waals surface area contributed by atoms with Crippen LogP contribution >= 0.6 is 0 Å². The zero-order chi connectivity index (χ0) is 22.2. The van der Waals surface area contributed by atoms with Gasteiger partial charge in [0.25, 0.3) is 0 Å². The van der Waals surface area contributed by atoms with Gasteiger partial charge in [-0.25, -0.2) is 0 Å². The molecule has 5 nitrogen and oxygen atoms in total. The van der Waals surface area contributed by atoms with Gasteiger partial charge in [0.1, 0.15) is 0 Å². The number of carboxylic acid groups (broad SMARTS) is 1. The molecule has 1 heterocycles. The number of amides is 1. The van der Waals surface area contributed by atoms with Gasteiger partial charge in [-0.2, -0.15) is 0 Å². The lowest BCUT2D eigenvalue weighted by atomic mass is 9.92. The van der Waals surface area contributed by atoms with Crippen molar-refractivity contribution in [2.24, 2.45) is 0 Å². The smallest absolute Gasteiger partial charge is 0.303 e. The number of carboxylic acids is 1. The average molecular weight is 424 g/mol. The van der Waals surface area contributed by atoms with E-state index in [1.54, 1.807) is 0 Å². The van der Waals surface area contributed by atoms with Crippen molar-refractivity contribution in [3.63, 3.8) is 0 Å². The Morgan fingerprint density at radius 2 is 1.81 bits per heavy atom. The molecule has 1 aliphatic heterocycles. The maximum absolute atomic E-state index is 12.8. The summed E-state index contributed by atoms with van der Waals surface area (Å²) in [7, 11) is 0. The quantitative estimate of drug-likeness (QED) is 0.489. The third-order valence-electron chi connectivity index (χ3n) is 6.08. The first-order valence-electron chi connectivity index (χ1n) is 11.4. The third-order valence-corrected chi connectivity index (χ3v) is 6.08. The summed E-state index contributed by atoms with van der Waals surface area (Å²) in [5.41, 5.74) is 3.80. The number of carbonyl (C=O) groups excluding carboxylic acids is 1. The molecule has 5 heteroatoms. The number of aliphatic hydroxyl groups is 1. The molecule has 2 aromatic rings.